The van der Waals surface area contributed by atoms with Crippen LogP contribution in [-0.4, -0.2) is 47.7 Å². The first-order chi connectivity index (χ1) is 15.7. The predicted octanol–water partition coefficient (Wildman–Crippen LogP) is 4.09. The van der Waals surface area contributed by atoms with Gasteiger partial charge in [0.25, 0.3) is 10.0 Å². The van der Waals surface area contributed by atoms with Crippen LogP contribution in [0.3, 0.4) is 0 Å². The molecule has 0 radical (unpaired) electrons. The number of carboxylic acid groups (broad SMARTS) is 1. The third kappa shape index (κ3) is 4.36. The van der Waals surface area contributed by atoms with Crippen LogP contribution in [0.4, 0.5) is 0 Å². The minimum Gasteiger partial charge on any atom is -0.493 e. The lowest BCUT2D eigenvalue weighted by atomic mass is 10.1. The minimum atomic E-state index is -3.99. The van der Waals surface area contributed by atoms with Gasteiger partial charge in [0.05, 0.1) is 30.3 Å². The first kappa shape index (κ1) is 23.0. The maximum atomic E-state index is 13.6. The van der Waals surface area contributed by atoms with Crippen LogP contribution in [0.25, 0.3) is 21.5 Å². The molecule has 0 saturated carbocycles. The highest BCUT2D eigenvalue weighted by Crippen LogP contribution is 2.38. The zero-order valence-electron chi connectivity index (χ0n) is 17.6. The van der Waals surface area contributed by atoms with Crippen molar-refractivity contribution >= 4 is 50.5 Å². The SMILES string of the molecule is COc1cc2c(CCC(=O)O)cn(S(=O)(=O)c3ccc(-c4ccnc(=S)[nH]4)s3)c2cc1OC. The van der Waals surface area contributed by atoms with Gasteiger partial charge in [-0.3, -0.25) is 4.79 Å². The predicted molar refractivity (Wildman–Crippen MR) is 126 cm³/mol. The maximum absolute atomic E-state index is 13.6. The van der Waals surface area contributed by atoms with E-state index in [4.69, 9.17) is 26.8 Å². The molecule has 0 bridgehead atoms. The molecule has 0 fully saturated rings. The second-order valence-electron chi connectivity index (χ2n) is 6.98. The van der Waals surface area contributed by atoms with Gasteiger partial charge in [-0.05, 0) is 48.5 Å². The van der Waals surface area contributed by atoms with Crippen LogP contribution in [0.2, 0.25) is 0 Å². The van der Waals surface area contributed by atoms with E-state index in [1.54, 1.807) is 30.5 Å². The van der Waals surface area contributed by atoms with Crippen LogP contribution in [0.15, 0.2) is 46.9 Å². The van der Waals surface area contributed by atoms with Crippen molar-refractivity contribution in [2.45, 2.75) is 17.1 Å². The summed E-state index contributed by atoms with van der Waals surface area (Å²) in [7, 11) is -1.05. The number of hydrogen-bond acceptors (Lipinski definition) is 8. The fourth-order valence-electron chi connectivity index (χ4n) is 3.44. The van der Waals surface area contributed by atoms with Gasteiger partial charge in [0.1, 0.15) is 4.21 Å². The number of benzene rings is 1. The number of thiophene rings is 1. The lowest BCUT2D eigenvalue weighted by molar-refractivity contribution is -0.136. The van der Waals surface area contributed by atoms with E-state index in [9.17, 15) is 13.2 Å². The Morgan fingerprint density at radius 2 is 1.94 bits per heavy atom. The Balaban J connectivity index is 1.87. The number of methoxy groups -OCH3 is 2. The number of carboxylic acids is 1. The highest BCUT2D eigenvalue weighted by molar-refractivity contribution is 7.92. The highest BCUT2D eigenvalue weighted by Gasteiger charge is 2.25. The number of aromatic amines is 1. The van der Waals surface area contributed by atoms with E-state index in [0.717, 1.165) is 15.3 Å². The highest BCUT2D eigenvalue weighted by atomic mass is 32.2. The number of H-pyrrole nitrogens is 1. The molecule has 2 N–H and O–H groups in total. The van der Waals surface area contributed by atoms with Gasteiger partial charge in [0, 0.05) is 30.3 Å². The number of fused-ring (bicyclic) bond motifs is 1. The number of hydrogen-bond donors (Lipinski definition) is 2. The van der Waals surface area contributed by atoms with E-state index >= 15 is 0 Å². The van der Waals surface area contributed by atoms with Crippen molar-refractivity contribution in [2.24, 2.45) is 0 Å². The van der Waals surface area contributed by atoms with Crippen molar-refractivity contribution in [3.63, 3.8) is 0 Å². The molecule has 33 heavy (non-hydrogen) atoms. The quantitative estimate of drug-likeness (QED) is 0.343. The maximum Gasteiger partial charge on any atom is 0.303 e. The summed E-state index contributed by atoms with van der Waals surface area (Å²) >= 11 is 6.14. The van der Waals surface area contributed by atoms with Crippen molar-refractivity contribution in [1.29, 1.82) is 0 Å². The second-order valence-corrected chi connectivity index (χ2v) is 10.5. The number of aliphatic carboxylic acids is 1. The molecule has 0 spiro atoms. The van der Waals surface area contributed by atoms with E-state index in [0.29, 0.717) is 43.3 Å². The number of nitrogens with zero attached hydrogens (tertiary/aromatic N) is 2. The average Bonchev–Trinajstić information content (AvgIpc) is 3.42. The van der Waals surface area contributed by atoms with Gasteiger partial charge in [-0.25, -0.2) is 8.96 Å². The van der Waals surface area contributed by atoms with Crippen molar-refractivity contribution in [1.82, 2.24) is 13.9 Å². The molecule has 0 atom stereocenters. The number of aromatic nitrogens is 3. The van der Waals surface area contributed by atoms with Gasteiger partial charge < -0.3 is 19.6 Å². The zero-order valence-corrected chi connectivity index (χ0v) is 20.0. The summed E-state index contributed by atoms with van der Waals surface area (Å²) in [5, 5.41) is 9.70. The van der Waals surface area contributed by atoms with Crippen molar-refractivity contribution in [2.75, 3.05) is 14.2 Å². The third-order valence-electron chi connectivity index (χ3n) is 5.00. The average molecular weight is 506 g/mol. The summed E-state index contributed by atoms with van der Waals surface area (Å²) < 4.78 is 39.5. The summed E-state index contributed by atoms with van der Waals surface area (Å²) in [4.78, 5) is 18.7. The zero-order chi connectivity index (χ0) is 23.8. The van der Waals surface area contributed by atoms with Crippen LogP contribution in [0.5, 0.6) is 11.5 Å². The monoisotopic (exact) mass is 505 g/mol. The molecule has 0 aliphatic rings. The molecule has 1 aromatic carbocycles. The van der Waals surface area contributed by atoms with Crippen molar-refractivity contribution < 1.29 is 27.8 Å². The standard InChI is InChI=1S/C21H19N3O6S3/c1-29-16-9-13-12(3-5-19(25)26)11-24(15(13)10-17(16)30-2)33(27,28)20-6-4-18(32-20)14-7-8-22-21(31)23-14/h4,6-11H,3,5H2,1-2H3,(H,25,26)(H,22,23,31). The van der Waals surface area contributed by atoms with E-state index in [1.165, 1.54) is 26.5 Å². The summed E-state index contributed by atoms with van der Waals surface area (Å²) in [6.45, 7) is 0. The van der Waals surface area contributed by atoms with Crippen LogP contribution in [0.1, 0.15) is 12.0 Å². The van der Waals surface area contributed by atoms with Crippen molar-refractivity contribution in [3.05, 3.63) is 53.1 Å². The molecule has 0 unspecified atom stereocenters. The number of aryl methyl sites for hydroxylation is 1. The molecule has 3 heterocycles. The third-order valence-corrected chi connectivity index (χ3v) is 8.47. The molecule has 12 heteroatoms. The van der Waals surface area contributed by atoms with Gasteiger partial charge in [0.15, 0.2) is 16.3 Å². The van der Waals surface area contributed by atoms with Crippen LogP contribution in [-0.2, 0) is 21.2 Å². The van der Waals surface area contributed by atoms with E-state index in [-0.39, 0.29) is 17.1 Å². The smallest absolute Gasteiger partial charge is 0.303 e. The van der Waals surface area contributed by atoms with Crippen LogP contribution >= 0.6 is 23.6 Å². The number of nitrogens with one attached hydrogen (secondary N) is 1. The molecule has 4 aromatic rings. The Kier molecular flexibility index (Phi) is 6.23. The second kappa shape index (κ2) is 8.96. The molecule has 0 aliphatic carbocycles. The first-order valence-corrected chi connectivity index (χ1v) is 12.3. The van der Waals surface area contributed by atoms with Crippen LogP contribution in [0, 0.1) is 4.77 Å². The minimum absolute atomic E-state index is 0.116. The lowest BCUT2D eigenvalue weighted by Gasteiger charge is -2.10. The Hall–Kier alpha value is -3.22. The molecule has 172 valence electrons. The van der Waals surface area contributed by atoms with Gasteiger partial charge >= 0.3 is 5.97 Å². The Bertz CT molecular complexity index is 1520. The number of carbonyl (C=O) groups is 1. The molecular formula is C21H19N3O6S3. The van der Waals surface area contributed by atoms with E-state index in [1.807, 2.05) is 0 Å². The summed E-state index contributed by atoms with van der Waals surface area (Å²) in [5.74, 6) is -0.194. The lowest BCUT2D eigenvalue weighted by Crippen LogP contribution is -2.10. The molecule has 4 rings (SSSR count). The molecule has 3 aromatic heterocycles. The fourth-order valence-corrected chi connectivity index (χ4v) is 6.37. The Labute approximate surface area is 198 Å². The molecule has 0 saturated heterocycles. The molecule has 0 aliphatic heterocycles. The summed E-state index contributed by atoms with van der Waals surface area (Å²) in [6, 6.07) is 8.16. The van der Waals surface area contributed by atoms with Gasteiger partial charge in [-0.1, -0.05) is 0 Å². The van der Waals surface area contributed by atoms with E-state index in [2.05, 4.69) is 9.97 Å². The van der Waals surface area contributed by atoms with Gasteiger partial charge in [0.2, 0.25) is 0 Å². The first-order valence-electron chi connectivity index (χ1n) is 9.63. The van der Waals surface area contributed by atoms with Gasteiger partial charge in [-0.2, -0.15) is 8.42 Å². The fraction of sp³-hybridized carbons (Fsp3) is 0.190. The summed E-state index contributed by atoms with van der Waals surface area (Å²) in [5.41, 5.74) is 1.60. The molecule has 9 nitrogen and oxygen atoms in total. The molecule has 0 amide bonds. The molecular weight excluding hydrogens is 486 g/mol. The number of rotatable bonds is 8. The van der Waals surface area contributed by atoms with Crippen molar-refractivity contribution in [3.8, 4) is 22.1 Å². The van der Waals surface area contributed by atoms with Gasteiger partial charge in [-0.15, -0.1) is 11.3 Å². The Morgan fingerprint density at radius 1 is 1.21 bits per heavy atom. The van der Waals surface area contributed by atoms with E-state index < -0.39 is 16.0 Å². The van der Waals surface area contributed by atoms with Crippen LogP contribution < -0.4 is 9.47 Å². The largest absolute Gasteiger partial charge is 0.493 e. The normalized spacial score (nSPS) is 11.6. The number of ether oxygens (including phenoxy) is 2. The Morgan fingerprint density at radius 3 is 2.61 bits per heavy atom. The summed E-state index contributed by atoms with van der Waals surface area (Å²) in [6.07, 6.45) is 3.03. The topological polar surface area (TPSA) is 124 Å².